The molecule has 34 heavy (non-hydrogen) atoms. The lowest BCUT2D eigenvalue weighted by atomic mass is 9.96. The predicted molar refractivity (Wildman–Crippen MR) is 123 cm³/mol. The molecular weight excluding hydrogens is 462 g/mol. The highest BCUT2D eigenvalue weighted by molar-refractivity contribution is 8.02. The lowest BCUT2D eigenvalue weighted by molar-refractivity contribution is -0.384. The fourth-order valence-corrected chi connectivity index (χ4v) is 5.96. The van der Waals surface area contributed by atoms with Crippen molar-refractivity contribution in [2.75, 3.05) is 6.61 Å². The number of ether oxygens (including phenoxy) is 2. The number of β-lactam (4-membered cyclic amide) rings is 1. The normalized spacial score (nSPS) is 22.4. The Morgan fingerprint density at radius 1 is 1.18 bits per heavy atom. The number of carbonyl (C=O) groups excluding carboxylic acids is 3. The van der Waals surface area contributed by atoms with Gasteiger partial charge in [-0.25, -0.2) is 4.79 Å². The van der Waals surface area contributed by atoms with Crippen LogP contribution in [-0.4, -0.2) is 50.0 Å². The first kappa shape index (κ1) is 23.6. The molecule has 2 aliphatic heterocycles. The van der Waals surface area contributed by atoms with Gasteiger partial charge in [0.15, 0.2) is 11.6 Å². The predicted octanol–water partition coefficient (Wildman–Crippen LogP) is 2.61. The maximum Gasteiger partial charge on any atom is 0.330 e. The number of thioether (sulfide) groups is 1. The Hall–Kier alpha value is -3.60. The number of carbonyl (C=O) groups is 3. The van der Waals surface area contributed by atoms with E-state index in [-0.39, 0.29) is 31.2 Å². The second-order valence-electron chi connectivity index (χ2n) is 8.51. The smallest absolute Gasteiger partial charge is 0.330 e. The van der Waals surface area contributed by atoms with Crippen LogP contribution in [0.4, 0.5) is 5.69 Å². The van der Waals surface area contributed by atoms with E-state index in [4.69, 9.17) is 9.47 Å². The Balaban J connectivity index is 1.41. The molecule has 0 unspecified atom stereocenters. The van der Waals surface area contributed by atoms with Gasteiger partial charge in [-0.15, -0.1) is 11.8 Å². The zero-order valence-electron chi connectivity index (χ0n) is 18.6. The second-order valence-corrected chi connectivity index (χ2v) is 10.4. The monoisotopic (exact) mass is 485 g/mol. The van der Waals surface area contributed by atoms with Crippen LogP contribution in [0.1, 0.15) is 25.8 Å². The van der Waals surface area contributed by atoms with Crippen LogP contribution in [0.15, 0.2) is 54.6 Å². The molecule has 4 rings (SSSR count). The molecule has 0 saturated carbocycles. The van der Waals surface area contributed by atoms with Crippen molar-refractivity contribution < 1.29 is 28.8 Å². The van der Waals surface area contributed by atoms with Crippen LogP contribution in [0.2, 0.25) is 0 Å². The van der Waals surface area contributed by atoms with Crippen LogP contribution < -0.4 is 10.1 Å². The molecule has 178 valence electrons. The summed E-state index contributed by atoms with van der Waals surface area (Å²) in [4.78, 5) is 48.7. The van der Waals surface area contributed by atoms with E-state index in [1.807, 2.05) is 19.9 Å². The zero-order valence-corrected chi connectivity index (χ0v) is 19.4. The zero-order chi connectivity index (χ0) is 24.5. The molecule has 2 saturated heterocycles. The molecule has 2 atom stereocenters. The van der Waals surface area contributed by atoms with Gasteiger partial charge in [0.25, 0.3) is 11.6 Å². The summed E-state index contributed by atoms with van der Waals surface area (Å²) in [5, 5.41) is 13.6. The molecule has 2 aromatic rings. The van der Waals surface area contributed by atoms with Gasteiger partial charge >= 0.3 is 5.97 Å². The Kier molecular flexibility index (Phi) is 6.22. The third-order valence-electron chi connectivity index (χ3n) is 5.60. The van der Waals surface area contributed by atoms with Crippen molar-refractivity contribution in [2.24, 2.45) is 0 Å². The molecule has 2 aromatic carbocycles. The Bertz CT molecular complexity index is 1120. The number of para-hydroxylation sites is 1. The van der Waals surface area contributed by atoms with Gasteiger partial charge in [-0.3, -0.25) is 24.6 Å². The van der Waals surface area contributed by atoms with Gasteiger partial charge in [-0.1, -0.05) is 18.2 Å². The van der Waals surface area contributed by atoms with Crippen LogP contribution in [0.3, 0.4) is 0 Å². The number of nitro groups is 1. The van der Waals surface area contributed by atoms with Crippen molar-refractivity contribution in [2.45, 2.75) is 42.7 Å². The van der Waals surface area contributed by atoms with E-state index in [2.05, 4.69) is 5.32 Å². The molecule has 0 aliphatic carbocycles. The Morgan fingerprint density at radius 3 is 2.47 bits per heavy atom. The quantitative estimate of drug-likeness (QED) is 0.262. The van der Waals surface area contributed by atoms with Gasteiger partial charge < -0.3 is 14.8 Å². The number of rotatable bonds is 8. The number of nitro benzene ring substituents is 1. The fourth-order valence-electron chi connectivity index (χ4n) is 4.11. The molecule has 10 nitrogen and oxygen atoms in total. The first-order valence-electron chi connectivity index (χ1n) is 10.5. The van der Waals surface area contributed by atoms with E-state index in [1.54, 1.807) is 24.3 Å². The Morgan fingerprint density at radius 2 is 1.85 bits per heavy atom. The van der Waals surface area contributed by atoms with E-state index in [9.17, 15) is 24.5 Å². The Labute approximate surface area is 199 Å². The van der Waals surface area contributed by atoms with Crippen LogP contribution >= 0.6 is 11.8 Å². The summed E-state index contributed by atoms with van der Waals surface area (Å²) in [5.41, 5.74) is 0.515. The number of esters is 1. The molecule has 2 heterocycles. The summed E-state index contributed by atoms with van der Waals surface area (Å²) < 4.78 is 10.2. The van der Waals surface area contributed by atoms with Crippen LogP contribution in [0.25, 0.3) is 0 Å². The molecule has 11 heteroatoms. The average molecular weight is 486 g/mol. The van der Waals surface area contributed by atoms with Gasteiger partial charge in [0.05, 0.1) is 11.3 Å². The number of hydrogen-bond acceptors (Lipinski definition) is 8. The maximum atomic E-state index is 13.0. The van der Waals surface area contributed by atoms with Crippen molar-refractivity contribution in [3.63, 3.8) is 0 Å². The van der Waals surface area contributed by atoms with Gasteiger partial charge in [0.2, 0.25) is 5.91 Å². The minimum Gasteiger partial charge on any atom is -0.484 e. The fraction of sp³-hybridized carbons (Fsp3) is 0.348. The van der Waals surface area contributed by atoms with Gasteiger partial charge in [-0.05, 0) is 43.7 Å². The largest absolute Gasteiger partial charge is 0.484 e. The van der Waals surface area contributed by atoms with Crippen molar-refractivity contribution in [1.29, 1.82) is 0 Å². The molecule has 0 aromatic heterocycles. The number of benzene rings is 2. The standard InChI is InChI=1S/C23H23N3O7S/c1-22(2)20(21(29)33-13-15-8-10-16(11-9-15)26(30)31)25-19(28)12-23(25,34-22)24-18(27)14-32-17-6-4-3-5-7-17/h3-11,20H,12-14H2,1-2H3,(H,24,27)/t20-,23-/m0/s1. The summed E-state index contributed by atoms with van der Waals surface area (Å²) in [7, 11) is 0. The average Bonchev–Trinajstić information content (AvgIpc) is 2.98. The van der Waals surface area contributed by atoms with Crippen molar-refractivity contribution >= 4 is 35.2 Å². The molecule has 2 amide bonds. The van der Waals surface area contributed by atoms with Crippen LogP contribution in [0, 0.1) is 10.1 Å². The van der Waals surface area contributed by atoms with Crippen LogP contribution in [-0.2, 0) is 25.7 Å². The summed E-state index contributed by atoms with van der Waals surface area (Å²) in [6.45, 7) is 3.30. The molecule has 0 spiro atoms. The van der Waals surface area contributed by atoms with Crippen LogP contribution in [0.5, 0.6) is 5.75 Å². The van der Waals surface area contributed by atoms with Gasteiger partial charge in [-0.2, -0.15) is 0 Å². The highest BCUT2D eigenvalue weighted by Crippen LogP contribution is 2.57. The SMILES string of the molecule is CC1(C)S[C@]2(NC(=O)COc3ccccc3)CC(=O)N2[C@H]1C(=O)OCc1ccc([N+](=O)[O-])cc1. The summed E-state index contributed by atoms with van der Waals surface area (Å²) in [5.74, 6) is -0.742. The van der Waals surface area contributed by atoms with E-state index in [0.29, 0.717) is 11.3 Å². The van der Waals surface area contributed by atoms with Gasteiger partial charge in [0, 0.05) is 16.9 Å². The molecule has 2 fully saturated rings. The molecule has 1 N–H and O–H groups in total. The molecule has 0 bridgehead atoms. The molecule has 2 aliphatic rings. The third-order valence-corrected chi connectivity index (χ3v) is 7.13. The topological polar surface area (TPSA) is 128 Å². The molecule has 0 radical (unpaired) electrons. The number of non-ortho nitro benzene ring substituents is 1. The number of nitrogens with one attached hydrogen (secondary N) is 1. The van der Waals surface area contributed by atoms with E-state index in [1.165, 1.54) is 40.9 Å². The first-order chi connectivity index (χ1) is 16.1. The first-order valence-corrected chi connectivity index (χ1v) is 11.3. The van der Waals surface area contributed by atoms with E-state index < -0.39 is 32.6 Å². The summed E-state index contributed by atoms with van der Waals surface area (Å²) in [6.07, 6.45) is 0.0598. The van der Waals surface area contributed by atoms with E-state index >= 15 is 0 Å². The minimum absolute atomic E-state index is 0.0598. The number of hydrogen-bond donors (Lipinski definition) is 1. The second kappa shape index (κ2) is 8.98. The molecular formula is C23H23N3O7S. The lowest BCUT2D eigenvalue weighted by Gasteiger charge is -2.47. The lowest BCUT2D eigenvalue weighted by Crippen LogP contribution is -2.71. The van der Waals surface area contributed by atoms with Gasteiger partial charge in [0.1, 0.15) is 18.4 Å². The van der Waals surface area contributed by atoms with Crippen molar-refractivity contribution in [3.05, 3.63) is 70.3 Å². The maximum absolute atomic E-state index is 13.0. The third kappa shape index (κ3) is 4.56. The van der Waals surface area contributed by atoms with Crippen molar-refractivity contribution in [3.8, 4) is 5.75 Å². The highest BCUT2D eigenvalue weighted by atomic mass is 32.2. The highest BCUT2D eigenvalue weighted by Gasteiger charge is 2.68. The van der Waals surface area contributed by atoms with E-state index in [0.717, 1.165) is 0 Å². The van der Waals surface area contributed by atoms with Crippen molar-refractivity contribution in [1.82, 2.24) is 10.2 Å². The summed E-state index contributed by atoms with van der Waals surface area (Å²) >= 11 is 1.32. The number of nitrogens with zero attached hydrogens (tertiary/aromatic N) is 2. The number of fused-ring (bicyclic) bond motifs is 1. The number of amides is 2. The minimum atomic E-state index is -1.05. The summed E-state index contributed by atoms with van der Waals surface area (Å²) in [6, 6.07) is 13.6.